The van der Waals surface area contributed by atoms with Crippen molar-refractivity contribution < 1.29 is 9.47 Å². The Kier molecular flexibility index (Phi) is 4.72. The van der Waals surface area contributed by atoms with Gasteiger partial charge in [0.25, 0.3) is 0 Å². The second kappa shape index (κ2) is 6.51. The van der Waals surface area contributed by atoms with Crippen LogP contribution in [-0.4, -0.2) is 24.4 Å². The van der Waals surface area contributed by atoms with Crippen LogP contribution in [0.2, 0.25) is 0 Å². The Morgan fingerprint density at radius 2 is 1.76 bits per heavy atom. The van der Waals surface area contributed by atoms with Crippen LogP contribution in [-0.2, 0) is 0 Å². The first kappa shape index (κ1) is 15.2. The highest BCUT2D eigenvalue weighted by Crippen LogP contribution is 2.32. The highest BCUT2D eigenvalue weighted by molar-refractivity contribution is 5.46. The number of methoxy groups -OCH3 is 2. The molecule has 0 amide bonds. The summed E-state index contributed by atoms with van der Waals surface area (Å²) < 4.78 is 10.6. The molecule has 0 spiro atoms. The average molecular weight is 288 g/mol. The lowest BCUT2D eigenvalue weighted by Gasteiger charge is -2.20. The molecule has 1 unspecified atom stereocenters. The first-order valence-corrected chi connectivity index (χ1v) is 6.59. The van der Waals surface area contributed by atoms with Gasteiger partial charge in [-0.3, -0.25) is 5.84 Å². The van der Waals surface area contributed by atoms with Crippen molar-refractivity contribution in [3.63, 3.8) is 0 Å². The monoisotopic (exact) mass is 288 g/mol. The quantitative estimate of drug-likeness (QED) is 0.643. The molecular weight excluding hydrogens is 268 g/mol. The Balaban J connectivity index is 2.48. The molecule has 3 N–H and O–H groups in total. The van der Waals surface area contributed by atoms with Crippen LogP contribution in [0, 0.1) is 13.8 Å². The molecule has 0 aliphatic rings. The fraction of sp³-hybridized carbons (Fsp3) is 0.333. The van der Waals surface area contributed by atoms with Gasteiger partial charge < -0.3 is 9.47 Å². The van der Waals surface area contributed by atoms with Gasteiger partial charge in [0.1, 0.15) is 0 Å². The Labute approximate surface area is 124 Å². The van der Waals surface area contributed by atoms with Crippen LogP contribution in [0.3, 0.4) is 0 Å². The molecule has 0 bridgehead atoms. The molecule has 1 atom stereocenters. The van der Waals surface area contributed by atoms with Crippen molar-refractivity contribution in [1.29, 1.82) is 0 Å². The van der Waals surface area contributed by atoms with Gasteiger partial charge in [0.2, 0.25) is 0 Å². The minimum atomic E-state index is -0.195. The van der Waals surface area contributed by atoms with E-state index in [2.05, 4.69) is 15.6 Å². The number of hydrazine groups is 1. The summed E-state index contributed by atoms with van der Waals surface area (Å²) in [5.74, 6) is 7.09. The maximum atomic E-state index is 5.75. The number of rotatable bonds is 5. The lowest BCUT2D eigenvalue weighted by molar-refractivity contribution is 0.354. The van der Waals surface area contributed by atoms with E-state index in [9.17, 15) is 0 Å². The number of hydrogen-bond acceptors (Lipinski definition) is 6. The number of hydrogen-bond donors (Lipinski definition) is 2. The Morgan fingerprint density at radius 3 is 2.38 bits per heavy atom. The van der Waals surface area contributed by atoms with E-state index in [4.69, 9.17) is 15.3 Å². The zero-order valence-electron chi connectivity index (χ0n) is 12.7. The first-order chi connectivity index (χ1) is 10.1. The van der Waals surface area contributed by atoms with Gasteiger partial charge >= 0.3 is 0 Å². The van der Waals surface area contributed by atoms with Gasteiger partial charge in [0, 0.05) is 0 Å². The van der Waals surface area contributed by atoms with Crippen molar-refractivity contribution in [1.82, 2.24) is 15.6 Å². The molecule has 112 valence electrons. The number of aryl methyl sites for hydroxylation is 2. The van der Waals surface area contributed by atoms with Crippen LogP contribution in [0.1, 0.15) is 28.6 Å². The van der Waals surface area contributed by atoms with E-state index < -0.39 is 0 Å². The van der Waals surface area contributed by atoms with Crippen molar-refractivity contribution in [2.45, 2.75) is 19.9 Å². The van der Waals surface area contributed by atoms with Gasteiger partial charge in [-0.15, -0.1) is 0 Å². The van der Waals surface area contributed by atoms with Crippen LogP contribution in [0.4, 0.5) is 0 Å². The van der Waals surface area contributed by atoms with E-state index in [1.165, 1.54) is 0 Å². The largest absolute Gasteiger partial charge is 0.493 e. The zero-order chi connectivity index (χ0) is 15.4. The molecular formula is C15H20N4O2. The Morgan fingerprint density at radius 1 is 1.05 bits per heavy atom. The van der Waals surface area contributed by atoms with Gasteiger partial charge in [-0.1, -0.05) is 6.07 Å². The zero-order valence-corrected chi connectivity index (χ0v) is 12.7. The predicted molar refractivity (Wildman–Crippen MR) is 80.2 cm³/mol. The third-order valence-electron chi connectivity index (χ3n) is 3.36. The molecule has 1 aromatic heterocycles. The van der Waals surface area contributed by atoms with E-state index in [1.54, 1.807) is 14.2 Å². The van der Waals surface area contributed by atoms with Gasteiger partial charge in [-0.2, -0.15) is 10.2 Å². The predicted octanol–water partition coefficient (Wildman–Crippen LogP) is 1.66. The van der Waals surface area contributed by atoms with Crippen LogP contribution in [0.5, 0.6) is 11.5 Å². The lowest BCUT2D eigenvalue weighted by atomic mass is 9.97. The summed E-state index contributed by atoms with van der Waals surface area (Å²) in [6, 6.07) is 7.48. The highest BCUT2D eigenvalue weighted by atomic mass is 16.5. The number of aromatic nitrogens is 2. The summed E-state index contributed by atoms with van der Waals surface area (Å²) in [7, 11) is 3.21. The Bertz CT molecular complexity index is 631. The van der Waals surface area contributed by atoms with Gasteiger partial charge in [-0.25, -0.2) is 5.43 Å². The SMILES string of the molecule is COc1ccc(C(NN)c2cc(C)nnc2C)cc1OC. The second-order valence-corrected chi connectivity index (χ2v) is 4.74. The molecule has 0 saturated heterocycles. The topological polar surface area (TPSA) is 82.3 Å². The molecule has 0 fully saturated rings. The van der Waals surface area contributed by atoms with E-state index in [0.29, 0.717) is 11.5 Å². The molecule has 0 aliphatic heterocycles. The number of ether oxygens (including phenoxy) is 2. The molecule has 0 radical (unpaired) electrons. The van der Waals surface area contributed by atoms with Crippen LogP contribution < -0.4 is 20.7 Å². The summed E-state index contributed by atoms with van der Waals surface area (Å²) in [6.45, 7) is 3.81. The number of nitrogens with two attached hydrogens (primary N) is 1. The molecule has 0 saturated carbocycles. The maximum Gasteiger partial charge on any atom is 0.161 e. The summed E-state index contributed by atoms with van der Waals surface area (Å²) >= 11 is 0. The molecule has 2 aromatic rings. The molecule has 1 aromatic carbocycles. The lowest BCUT2D eigenvalue weighted by Crippen LogP contribution is -2.29. The molecule has 6 heteroatoms. The van der Waals surface area contributed by atoms with Crippen molar-refractivity contribution in [3.05, 3.63) is 46.8 Å². The standard InChI is InChI=1S/C15H20N4O2/c1-9-7-12(10(2)19-18-9)15(17-16)11-5-6-13(20-3)14(8-11)21-4/h5-8,15,17H,16H2,1-4H3. The van der Waals surface area contributed by atoms with E-state index in [-0.39, 0.29) is 6.04 Å². The van der Waals surface area contributed by atoms with E-state index in [1.807, 2.05) is 38.1 Å². The maximum absolute atomic E-state index is 5.75. The molecule has 2 rings (SSSR count). The minimum absolute atomic E-state index is 0.195. The molecule has 6 nitrogen and oxygen atoms in total. The number of nitrogens with zero attached hydrogens (tertiary/aromatic N) is 2. The highest BCUT2D eigenvalue weighted by Gasteiger charge is 2.18. The van der Waals surface area contributed by atoms with Crippen molar-refractivity contribution in [2.75, 3.05) is 14.2 Å². The van der Waals surface area contributed by atoms with Gasteiger partial charge in [0.15, 0.2) is 11.5 Å². The van der Waals surface area contributed by atoms with Crippen molar-refractivity contribution in [2.24, 2.45) is 5.84 Å². The summed E-state index contributed by atoms with van der Waals surface area (Å²) in [5.41, 5.74) is 6.45. The number of nitrogens with one attached hydrogen (secondary N) is 1. The van der Waals surface area contributed by atoms with Crippen LogP contribution in [0.15, 0.2) is 24.3 Å². The molecule has 0 aliphatic carbocycles. The Hall–Kier alpha value is -2.18. The van der Waals surface area contributed by atoms with Gasteiger partial charge in [0.05, 0.1) is 31.6 Å². The number of benzene rings is 1. The summed E-state index contributed by atoms with van der Waals surface area (Å²) in [6.07, 6.45) is 0. The smallest absolute Gasteiger partial charge is 0.161 e. The van der Waals surface area contributed by atoms with Gasteiger partial charge in [-0.05, 0) is 43.2 Å². The second-order valence-electron chi connectivity index (χ2n) is 4.74. The van der Waals surface area contributed by atoms with E-state index in [0.717, 1.165) is 22.5 Å². The first-order valence-electron chi connectivity index (χ1n) is 6.59. The third-order valence-corrected chi connectivity index (χ3v) is 3.36. The molecule has 21 heavy (non-hydrogen) atoms. The average Bonchev–Trinajstić information content (AvgIpc) is 2.51. The van der Waals surface area contributed by atoms with E-state index >= 15 is 0 Å². The van der Waals surface area contributed by atoms with Crippen molar-refractivity contribution >= 4 is 0 Å². The van der Waals surface area contributed by atoms with Crippen molar-refractivity contribution in [3.8, 4) is 11.5 Å². The fourth-order valence-corrected chi connectivity index (χ4v) is 2.26. The summed E-state index contributed by atoms with van der Waals surface area (Å²) in [5, 5.41) is 8.20. The minimum Gasteiger partial charge on any atom is -0.493 e. The fourth-order valence-electron chi connectivity index (χ4n) is 2.26. The molecule has 1 heterocycles. The third kappa shape index (κ3) is 3.12. The summed E-state index contributed by atoms with van der Waals surface area (Å²) in [4.78, 5) is 0. The van der Waals surface area contributed by atoms with Crippen LogP contribution in [0.25, 0.3) is 0 Å². The van der Waals surface area contributed by atoms with Crippen LogP contribution >= 0.6 is 0 Å². The normalized spacial score (nSPS) is 12.0.